The van der Waals surface area contributed by atoms with Crippen LogP contribution in [0.4, 0.5) is 5.69 Å². The van der Waals surface area contributed by atoms with E-state index in [1.807, 2.05) is 32.0 Å². The molecule has 1 spiro atoms. The molecule has 3 fully saturated rings. The first-order valence-corrected chi connectivity index (χ1v) is 13.4. The summed E-state index contributed by atoms with van der Waals surface area (Å²) in [5.74, 6) is -2.13. The van der Waals surface area contributed by atoms with Crippen molar-refractivity contribution in [2.24, 2.45) is 11.8 Å². The Morgan fingerprint density at radius 3 is 2.79 bits per heavy atom. The van der Waals surface area contributed by atoms with Gasteiger partial charge in [0.25, 0.3) is 5.91 Å². The summed E-state index contributed by atoms with van der Waals surface area (Å²) >= 11 is 5.29. The molecule has 1 aromatic carbocycles. The number of amides is 2. The number of thioether (sulfide) groups is 1. The van der Waals surface area contributed by atoms with E-state index in [0.29, 0.717) is 6.42 Å². The van der Waals surface area contributed by atoms with Crippen LogP contribution in [0.25, 0.3) is 0 Å². The zero-order valence-corrected chi connectivity index (χ0v) is 22.1. The third-order valence-corrected chi connectivity index (χ3v) is 10.4. The van der Waals surface area contributed by atoms with Crippen LogP contribution in [0.2, 0.25) is 0 Å². The second-order valence-electron chi connectivity index (χ2n) is 9.20. The van der Waals surface area contributed by atoms with E-state index in [-0.39, 0.29) is 54.2 Å². The first-order valence-electron chi connectivity index (χ1n) is 11.6. The van der Waals surface area contributed by atoms with Gasteiger partial charge in [-0.25, -0.2) is 0 Å². The van der Waals surface area contributed by atoms with Gasteiger partial charge in [0.2, 0.25) is 5.91 Å². The summed E-state index contributed by atoms with van der Waals surface area (Å²) in [4.78, 5) is 44.2. The number of carbonyl (C=O) groups excluding carboxylic acids is 3. The highest BCUT2D eigenvalue weighted by molar-refractivity contribution is 9.09. The Labute approximate surface area is 213 Å². The summed E-state index contributed by atoms with van der Waals surface area (Å²) in [5, 5.41) is 9.64. The van der Waals surface area contributed by atoms with Gasteiger partial charge in [0, 0.05) is 28.9 Å². The van der Waals surface area contributed by atoms with Crippen LogP contribution in [0.15, 0.2) is 30.9 Å². The molecule has 3 saturated heterocycles. The number of rotatable bonds is 8. The fraction of sp³-hybridized carbons (Fsp3) is 0.560. The first-order chi connectivity index (χ1) is 16.2. The van der Waals surface area contributed by atoms with Gasteiger partial charge >= 0.3 is 5.97 Å². The Kier molecular flexibility index (Phi) is 7.18. The van der Waals surface area contributed by atoms with Crippen molar-refractivity contribution in [1.29, 1.82) is 0 Å². The SMILES string of the molecule is C=CCN(C(=O)C1N(CCO)C(=O)[C@@H]2[C@@H](C(=O)OCC)[C@@H]3SC12CC3Br)c1cc(C)ccc1C. The number of aliphatic hydroxyl groups excluding tert-OH is 1. The molecular formula is C25H31BrN2O5S. The number of hydrogen-bond acceptors (Lipinski definition) is 6. The highest BCUT2D eigenvalue weighted by Gasteiger charge is 2.76. The number of carbonyl (C=O) groups is 3. The van der Waals surface area contributed by atoms with Gasteiger partial charge in [-0.3, -0.25) is 14.4 Å². The maximum atomic E-state index is 14.3. The summed E-state index contributed by atoms with van der Waals surface area (Å²) in [7, 11) is 0. The van der Waals surface area contributed by atoms with Gasteiger partial charge in [-0.1, -0.05) is 34.1 Å². The van der Waals surface area contributed by atoms with Gasteiger partial charge in [0.15, 0.2) is 0 Å². The van der Waals surface area contributed by atoms with Gasteiger partial charge in [-0.2, -0.15) is 0 Å². The number of hydrogen-bond donors (Lipinski definition) is 1. The van der Waals surface area contributed by atoms with Crippen molar-refractivity contribution in [3.63, 3.8) is 0 Å². The number of fused-ring (bicyclic) bond motifs is 1. The lowest BCUT2D eigenvalue weighted by Crippen LogP contribution is -2.56. The minimum Gasteiger partial charge on any atom is -0.466 e. The van der Waals surface area contributed by atoms with E-state index in [4.69, 9.17) is 4.74 Å². The van der Waals surface area contributed by atoms with Crippen molar-refractivity contribution < 1.29 is 24.2 Å². The smallest absolute Gasteiger partial charge is 0.310 e. The van der Waals surface area contributed by atoms with Crippen molar-refractivity contribution in [3.05, 3.63) is 42.0 Å². The second-order valence-corrected chi connectivity index (χ2v) is 11.9. The lowest BCUT2D eigenvalue weighted by atomic mass is 9.71. The van der Waals surface area contributed by atoms with Crippen molar-refractivity contribution in [3.8, 4) is 0 Å². The fourth-order valence-electron chi connectivity index (χ4n) is 5.86. The zero-order chi connectivity index (χ0) is 24.8. The molecule has 1 N–H and O–H groups in total. The van der Waals surface area contributed by atoms with Crippen molar-refractivity contribution in [1.82, 2.24) is 4.90 Å². The molecule has 2 bridgehead atoms. The van der Waals surface area contributed by atoms with Crippen molar-refractivity contribution >= 4 is 51.2 Å². The average molecular weight is 552 g/mol. The predicted molar refractivity (Wildman–Crippen MR) is 136 cm³/mol. The van der Waals surface area contributed by atoms with E-state index < -0.39 is 22.6 Å². The minimum absolute atomic E-state index is 0.0195. The molecule has 34 heavy (non-hydrogen) atoms. The highest BCUT2D eigenvalue weighted by Crippen LogP contribution is 2.68. The third-order valence-electron chi connectivity index (χ3n) is 7.16. The van der Waals surface area contributed by atoms with Crippen LogP contribution >= 0.6 is 27.7 Å². The summed E-state index contributed by atoms with van der Waals surface area (Å²) in [6.07, 6.45) is 2.26. The lowest BCUT2D eigenvalue weighted by molar-refractivity contribution is -0.153. The zero-order valence-electron chi connectivity index (χ0n) is 19.7. The Hall–Kier alpha value is -1.84. The summed E-state index contributed by atoms with van der Waals surface area (Å²) < 4.78 is 4.59. The van der Waals surface area contributed by atoms with Crippen LogP contribution in [0.5, 0.6) is 0 Å². The highest BCUT2D eigenvalue weighted by atomic mass is 79.9. The molecule has 0 aliphatic carbocycles. The molecule has 2 amide bonds. The minimum atomic E-state index is -0.800. The third kappa shape index (κ3) is 3.80. The molecular weight excluding hydrogens is 520 g/mol. The van der Waals surface area contributed by atoms with E-state index in [9.17, 15) is 19.5 Å². The molecule has 0 saturated carbocycles. The molecule has 0 aromatic heterocycles. The van der Waals surface area contributed by atoms with Crippen molar-refractivity contribution in [2.45, 2.75) is 48.1 Å². The largest absolute Gasteiger partial charge is 0.466 e. The number of aliphatic hydroxyl groups is 1. The topological polar surface area (TPSA) is 87.2 Å². The number of nitrogens with zero attached hydrogens (tertiary/aromatic N) is 2. The van der Waals surface area contributed by atoms with E-state index in [1.165, 1.54) is 4.90 Å². The molecule has 0 radical (unpaired) electrons. The molecule has 3 unspecified atom stereocenters. The van der Waals surface area contributed by atoms with E-state index in [2.05, 4.69) is 22.5 Å². The number of aryl methyl sites for hydroxylation is 2. The number of esters is 1. The standard InChI is InChI=1S/C25H31BrN2O5S/c1-5-9-27(17-12-14(3)7-8-15(17)4)23(31)21-25-13-16(26)20(34-25)18(24(32)33-6-2)19(25)22(30)28(21)10-11-29/h5,7-8,12,16,18-21,29H,1,6,9-11,13H2,2-4H3/t16?,18-,19+,20-,21?,25?/m1/s1. The van der Waals surface area contributed by atoms with Gasteiger partial charge in [0.1, 0.15) is 6.04 Å². The molecule has 6 atom stereocenters. The number of ether oxygens (including phenoxy) is 1. The van der Waals surface area contributed by atoms with Crippen LogP contribution in [0.1, 0.15) is 24.5 Å². The van der Waals surface area contributed by atoms with E-state index in [0.717, 1.165) is 16.8 Å². The van der Waals surface area contributed by atoms with Crippen molar-refractivity contribution in [2.75, 3.05) is 31.2 Å². The lowest BCUT2D eigenvalue weighted by Gasteiger charge is -2.38. The quantitative estimate of drug-likeness (QED) is 0.304. The number of anilines is 1. The molecule has 3 aliphatic rings. The first kappa shape index (κ1) is 25.3. The molecule has 1 aromatic rings. The molecule has 184 valence electrons. The van der Waals surface area contributed by atoms with Crippen LogP contribution in [-0.4, -0.2) is 75.0 Å². The monoisotopic (exact) mass is 550 g/mol. The Balaban J connectivity index is 1.81. The second kappa shape index (κ2) is 9.66. The Bertz CT molecular complexity index is 1020. The van der Waals surface area contributed by atoms with Gasteiger partial charge in [-0.15, -0.1) is 18.3 Å². The number of benzene rings is 1. The number of halogens is 1. The van der Waals surface area contributed by atoms with Gasteiger partial charge < -0.3 is 19.6 Å². The number of likely N-dealkylation sites (tertiary alicyclic amines) is 1. The van der Waals surface area contributed by atoms with Crippen LogP contribution in [-0.2, 0) is 19.1 Å². The van der Waals surface area contributed by atoms with Crippen LogP contribution in [0, 0.1) is 25.7 Å². The summed E-state index contributed by atoms with van der Waals surface area (Å²) in [5.41, 5.74) is 2.74. The molecule has 7 nitrogen and oxygen atoms in total. The number of β-amino-alcohol motifs (C(OH)–C–C–N with tert-alkyl or cyclic N) is 1. The summed E-state index contributed by atoms with van der Waals surface area (Å²) in [6, 6.07) is 5.13. The van der Waals surface area contributed by atoms with Gasteiger partial charge in [0.05, 0.1) is 29.8 Å². The van der Waals surface area contributed by atoms with E-state index in [1.54, 1.807) is 29.7 Å². The summed E-state index contributed by atoms with van der Waals surface area (Å²) in [6.45, 7) is 9.81. The molecule has 4 rings (SSSR count). The Morgan fingerprint density at radius 2 is 2.15 bits per heavy atom. The normalized spacial score (nSPS) is 31.5. The molecule has 9 heteroatoms. The molecule has 3 heterocycles. The number of alkyl halides is 1. The average Bonchev–Trinajstić information content (AvgIpc) is 3.38. The fourth-order valence-corrected chi connectivity index (χ4v) is 9.45. The Morgan fingerprint density at radius 1 is 1.41 bits per heavy atom. The van der Waals surface area contributed by atoms with Crippen LogP contribution < -0.4 is 4.90 Å². The van der Waals surface area contributed by atoms with Crippen LogP contribution in [0.3, 0.4) is 0 Å². The molecule has 3 aliphatic heterocycles. The maximum Gasteiger partial charge on any atom is 0.310 e. The van der Waals surface area contributed by atoms with E-state index >= 15 is 0 Å². The van der Waals surface area contributed by atoms with Gasteiger partial charge in [-0.05, 0) is 44.4 Å². The maximum absolute atomic E-state index is 14.3. The predicted octanol–water partition coefficient (Wildman–Crippen LogP) is 2.84.